The molecule has 1 aromatic carbocycles. The van der Waals surface area contributed by atoms with E-state index in [0.717, 1.165) is 34.3 Å². The number of carbonyl (C=O) groups excluding carboxylic acids is 1. The highest BCUT2D eigenvalue weighted by Crippen LogP contribution is 2.40. The van der Waals surface area contributed by atoms with Crippen LogP contribution < -0.4 is 10.4 Å². The second-order valence-corrected chi connectivity index (χ2v) is 10.5. The number of hydrazone groups is 2. The molecule has 0 aromatic heterocycles. The summed E-state index contributed by atoms with van der Waals surface area (Å²) in [5.74, 6) is 0.157. The Hall–Kier alpha value is -2.93. The molecule has 2 N–H and O–H groups in total. The first-order valence-corrected chi connectivity index (χ1v) is 11.5. The number of phenols is 1. The standard InChI is InChI=1S/C26H39N5O2/c1-26(2,3)22-18-20(14-15-24(32)28-16-11-17-31(5,6)7)19-23(25(22)33)30(27-4)29-21-12-9-8-10-13-21/h8-10,12,18-19H,4,11,13-17H2,1-3,5-7H3,(H-,28,32,33)/p+1/b29-21-. The highest BCUT2D eigenvalue weighted by molar-refractivity contribution is 5.97. The number of nitrogens with zero attached hydrogens (tertiary/aromatic N) is 4. The molecule has 1 aliphatic carbocycles. The molecule has 0 bridgehead atoms. The molecule has 0 saturated carbocycles. The molecule has 7 nitrogen and oxygen atoms in total. The summed E-state index contributed by atoms with van der Waals surface area (Å²) in [6.07, 6.45) is 10.4. The number of anilines is 1. The fourth-order valence-electron chi connectivity index (χ4n) is 3.53. The average molecular weight is 455 g/mol. The van der Waals surface area contributed by atoms with Gasteiger partial charge >= 0.3 is 0 Å². The van der Waals surface area contributed by atoms with Gasteiger partial charge in [0.15, 0.2) is 0 Å². The second kappa shape index (κ2) is 11.3. The van der Waals surface area contributed by atoms with Crippen LogP contribution in [0.15, 0.2) is 46.6 Å². The first-order valence-electron chi connectivity index (χ1n) is 11.5. The van der Waals surface area contributed by atoms with Crippen LogP contribution in [0.4, 0.5) is 5.69 Å². The predicted octanol–water partition coefficient (Wildman–Crippen LogP) is 4.13. The molecule has 0 heterocycles. The highest BCUT2D eigenvalue weighted by atomic mass is 16.3. The molecule has 0 aliphatic heterocycles. The first-order chi connectivity index (χ1) is 15.4. The van der Waals surface area contributed by atoms with Crippen LogP contribution in [0.5, 0.6) is 5.75 Å². The van der Waals surface area contributed by atoms with Crippen molar-refractivity contribution in [3.8, 4) is 5.75 Å². The molecular formula is C26H40N5O2+. The van der Waals surface area contributed by atoms with E-state index in [2.05, 4.69) is 43.4 Å². The van der Waals surface area contributed by atoms with Crippen LogP contribution in [0.1, 0.15) is 51.2 Å². The van der Waals surface area contributed by atoms with Gasteiger partial charge in [-0.25, -0.2) is 0 Å². The molecule has 0 atom stereocenters. The van der Waals surface area contributed by atoms with E-state index in [1.165, 1.54) is 5.12 Å². The van der Waals surface area contributed by atoms with Crippen LogP contribution in [0.2, 0.25) is 0 Å². The molecule has 1 aliphatic rings. The zero-order valence-electron chi connectivity index (χ0n) is 21.1. The number of allylic oxidation sites excluding steroid dienone is 4. The van der Waals surface area contributed by atoms with E-state index in [9.17, 15) is 9.90 Å². The van der Waals surface area contributed by atoms with Gasteiger partial charge in [0.2, 0.25) is 5.91 Å². The number of quaternary nitrogens is 1. The summed E-state index contributed by atoms with van der Waals surface area (Å²) in [6.45, 7) is 11.5. The van der Waals surface area contributed by atoms with Crippen molar-refractivity contribution in [2.75, 3.05) is 39.4 Å². The van der Waals surface area contributed by atoms with Crippen molar-refractivity contribution in [1.29, 1.82) is 0 Å². The smallest absolute Gasteiger partial charge is 0.220 e. The van der Waals surface area contributed by atoms with Crippen molar-refractivity contribution >= 4 is 24.0 Å². The Morgan fingerprint density at radius 3 is 2.55 bits per heavy atom. The van der Waals surface area contributed by atoms with Crippen LogP contribution in [-0.4, -0.2) is 62.2 Å². The molecule has 7 heteroatoms. The number of nitrogens with one attached hydrogen (secondary N) is 1. The summed E-state index contributed by atoms with van der Waals surface area (Å²) >= 11 is 0. The quantitative estimate of drug-likeness (QED) is 0.242. The van der Waals surface area contributed by atoms with Crippen molar-refractivity contribution in [2.24, 2.45) is 10.2 Å². The van der Waals surface area contributed by atoms with Gasteiger partial charge in [0, 0.05) is 38.1 Å². The lowest BCUT2D eigenvalue weighted by Gasteiger charge is -2.25. The summed E-state index contributed by atoms with van der Waals surface area (Å²) in [5.41, 5.74) is 2.72. The van der Waals surface area contributed by atoms with Gasteiger partial charge in [-0.2, -0.15) is 10.2 Å². The van der Waals surface area contributed by atoms with Crippen molar-refractivity contribution in [1.82, 2.24) is 5.32 Å². The third kappa shape index (κ3) is 8.50. The maximum atomic E-state index is 12.4. The van der Waals surface area contributed by atoms with Gasteiger partial charge in [-0.05, 0) is 29.5 Å². The molecule has 0 fully saturated rings. The highest BCUT2D eigenvalue weighted by Gasteiger charge is 2.24. The normalized spacial score (nSPS) is 15.0. The average Bonchev–Trinajstić information content (AvgIpc) is 2.73. The van der Waals surface area contributed by atoms with Gasteiger partial charge in [0.25, 0.3) is 0 Å². The SMILES string of the molecule is C=NN(/N=C1/C=CC=CC1)c1cc(CCC(=O)NCCC[N+](C)(C)C)cc(C(C)(C)C)c1O. The molecule has 180 valence electrons. The van der Waals surface area contributed by atoms with Crippen LogP contribution in [-0.2, 0) is 16.6 Å². The number of aryl methyl sites for hydroxylation is 1. The van der Waals surface area contributed by atoms with Crippen molar-refractivity contribution in [2.45, 2.75) is 51.9 Å². The fraction of sp³-hybridized carbons (Fsp3) is 0.500. The van der Waals surface area contributed by atoms with E-state index < -0.39 is 0 Å². The summed E-state index contributed by atoms with van der Waals surface area (Å²) < 4.78 is 0.881. The maximum Gasteiger partial charge on any atom is 0.220 e. The lowest BCUT2D eigenvalue weighted by atomic mass is 9.84. The zero-order chi connectivity index (χ0) is 24.6. The number of benzene rings is 1. The number of carbonyl (C=O) groups is 1. The number of aromatic hydroxyl groups is 1. The van der Waals surface area contributed by atoms with Gasteiger partial charge in [0.1, 0.15) is 11.4 Å². The fourth-order valence-corrected chi connectivity index (χ4v) is 3.53. The minimum absolute atomic E-state index is 0.0291. The number of hydrogen-bond acceptors (Lipinski definition) is 5. The van der Waals surface area contributed by atoms with Gasteiger partial charge < -0.3 is 14.9 Å². The van der Waals surface area contributed by atoms with E-state index >= 15 is 0 Å². The lowest BCUT2D eigenvalue weighted by molar-refractivity contribution is -0.870. The molecule has 0 saturated heterocycles. The maximum absolute atomic E-state index is 12.4. The molecule has 0 spiro atoms. The first kappa shape index (κ1) is 26.3. The van der Waals surface area contributed by atoms with Gasteiger partial charge in [-0.15, -0.1) is 5.12 Å². The minimum atomic E-state index is -0.296. The van der Waals surface area contributed by atoms with Crippen LogP contribution >= 0.6 is 0 Å². The Kier molecular flexibility index (Phi) is 8.99. The largest absolute Gasteiger partial charge is 0.505 e. The Morgan fingerprint density at radius 1 is 1.24 bits per heavy atom. The summed E-state index contributed by atoms with van der Waals surface area (Å²) in [7, 11) is 6.43. The Morgan fingerprint density at radius 2 is 1.97 bits per heavy atom. The van der Waals surface area contributed by atoms with Gasteiger partial charge in [-0.1, -0.05) is 45.1 Å². The Balaban J connectivity index is 2.20. The summed E-state index contributed by atoms with van der Waals surface area (Å²) in [5, 5.41) is 24.0. The van der Waals surface area contributed by atoms with Gasteiger partial charge in [-0.3, -0.25) is 4.79 Å². The number of rotatable bonds is 10. The Labute approximate surface area is 198 Å². The minimum Gasteiger partial charge on any atom is -0.505 e. The van der Waals surface area contributed by atoms with E-state index in [1.54, 1.807) is 0 Å². The molecule has 0 unspecified atom stereocenters. The molecule has 33 heavy (non-hydrogen) atoms. The third-order valence-electron chi connectivity index (χ3n) is 5.36. The number of amides is 1. The number of hydrogen-bond donors (Lipinski definition) is 2. The molecular weight excluding hydrogens is 414 g/mol. The summed E-state index contributed by atoms with van der Waals surface area (Å²) in [6, 6.07) is 3.82. The molecule has 1 amide bonds. The van der Waals surface area contributed by atoms with Crippen LogP contribution in [0, 0.1) is 0 Å². The van der Waals surface area contributed by atoms with Crippen molar-refractivity contribution < 1.29 is 14.4 Å². The van der Waals surface area contributed by atoms with E-state index in [4.69, 9.17) is 0 Å². The Bertz CT molecular complexity index is 933. The number of phenolic OH excluding ortho intramolecular Hbond substituents is 1. The lowest BCUT2D eigenvalue weighted by Crippen LogP contribution is -2.37. The molecule has 0 radical (unpaired) electrons. The second-order valence-electron chi connectivity index (χ2n) is 10.5. The van der Waals surface area contributed by atoms with Crippen molar-refractivity contribution in [3.05, 3.63) is 47.6 Å². The predicted molar refractivity (Wildman–Crippen MR) is 138 cm³/mol. The molecule has 2 rings (SSSR count). The van der Waals surface area contributed by atoms with E-state index in [-0.39, 0.29) is 17.1 Å². The zero-order valence-corrected chi connectivity index (χ0v) is 21.1. The van der Waals surface area contributed by atoms with Crippen LogP contribution in [0.25, 0.3) is 0 Å². The monoisotopic (exact) mass is 454 g/mol. The van der Waals surface area contributed by atoms with Gasteiger partial charge in [0.05, 0.1) is 33.4 Å². The van der Waals surface area contributed by atoms with Crippen molar-refractivity contribution in [3.63, 3.8) is 0 Å². The van der Waals surface area contributed by atoms with E-state index in [0.29, 0.717) is 31.5 Å². The summed E-state index contributed by atoms with van der Waals surface area (Å²) in [4.78, 5) is 12.4. The van der Waals surface area contributed by atoms with Crippen LogP contribution in [0.3, 0.4) is 0 Å². The molecule has 1 aromatic rings. The van der Waals surface area contributed by atoms with E-state index in [1.807, 2.05) is 57.2 Å². The third-order valence-corrected chi connectivity index (χ3v) is 5.36. The topological polar surface area (TPSA) is 77.3 Å².